The summed E-state index contributed by atoms with van der Waals surface area (Å²) < 4.78 is 1.45. The third kappa shape index (κ3) is 3.52. The van der Waals surface area contributed by atoms with E-state index in [0.29, 0.717) is 28.1 Å². The fourth-order valence-corrected chi connectivity index (χ4v) is 4.19. The van der Waals surface area contributed by atoms with E-state index < -0.39 is 6.03 Å². The molecule has 1 saturated carbocycles. The lowest BCUT2D eigenvalue weighted by Crippen LogP contribution is -2.20. The van der Waals surface area contributed by atoms with Crippen LogP contribution >= 0.6 is 22.9 Å². The quantitative estimate of drug-likeness (QED) is 0.507. The minimum atomic E-state index is -0.397. The number of pyridine rings is 2. The molecule has 0 spiro atoms. The first kappa shape index (κ1) is 18.0. The molecule has 2 amide bonds. The summed E-state index contributed by atoms with van der Waals surface area (Å²) in [6.45, 7) is 1.96. The Balaban J connectivity index is 1.37. The van der Waals surface area contributed by atoms with Gasteiger partial charge in [0.15, 0.2) is 5.82 Å². The van der Waals surface area contributed by atoms with E-state index in [4.69, 9.17) is 11.6 Å². The molecular formula is C18H15ClN8OS. The minimum Gasteiger partial charge on any atom is -0.306 e. The summed E-state index contributed by atoms with van der Waals surface area (Å²) in [4.78, 5) is 26.8. The van der Waals surface area contributed by atoms with Crippen molar-refractivity contribution in [2.45, 2.75) is 25.7 Å². The van der Waals surface area contributed by atoms with E-state index in [2.05, 4.69) is 35.9 Å². The summed E-state index contributed by atoms with van der Waals surface area (Å²) in [5.41, 5.74) is 3.09. The number of rotatable bonds is 4. The van der Waals surface area contributed by atoms with Crippen molar-refractivity contribution in [3.8, 4) is 5.82 Å². The molecule has 0 saturated heterocycles. The zero-order valence-corrected chi connectivity index (χ0v) is 16.8. The molecule has 0 bridgehead atoms. The summed E-state index contributed by atoms with van der Waals surface area (Å²) in [5.74, 6) is 0.843. The SMILES string of the molecule is Cc1nc2c(C3CC3)c(NC(=O)Nc3cnc(-n4ccnn4)c(Cl)c3)cnc2s1. The largest absolute Gasteiger partial charge is 0.323 e. The summed E-state index contributed by atoms with van der Waals surface area (Å²) in [5, 5.41) is 14.5. The van der Waals surface area contributed by atoms with Crippen molar-refractivity contribution in [3.05, 3.63) is 46.4 Å². The number of aryl methyl sites for hydroxylation is 1. The fourth-order valence-electron chi connectivity index (χ4n) is 3.16. The zero-order chi connectivity index (χ0) is 20.0. The Bertz CT molecular complexity index is 1220. The maximum absolute atomic E-state index is 12.6. The summed E-state index contributed by atoms with van der Waals surface area (Å²) in [7, 11) is 0. The first-order valence-corrected chi connectivity index (χ1v) is 10.1. The molecule has 1 aliphatic carbocycles. The number of anilines is 2. The van der Waals surface area contributed by atoms with Crippen LogP contribution in [-0.4, -0.2) is 36.0 Å². The number of nitrogens with one attached hydrogen (secondary N) is 2. The molecule has 4 heterocycles. The molecule has 4 aromatic heterocycles. The van der Waals surface area contributed by atoms with Crippen LogP contribution in [0.25, 0.3) is 16.2 Å². The van der Waals surface area contributed by atoms with Crippen molar-refractivity contribution in [2.75, 3.05) is 10.6 Å². The molecule has 1 fully saturated rings. The summed E-state index contributed by atoms with van der Waals surface area (Å²) >= 11 is 7.83. The van der Waals surface area contributed by atoms with E-state index in [9.17, 15) is 4.79 Å². The van der Waals surface area contributed by atoms with E-state index in [0.717, 1.165) is 33.8 Å². The van der Waals surface area contributed by atoms with Crippen LogP contribution in [-0.2, 0) is 0 Å². The van der Waals surface area contributed by atoms with Crippen LogP contribution in [0.4, 0.5) is 16.2 Å². The number of fused-ring (bicyclic) bond motifs is 1. The molecule has 11 heteroatoms. The predicted molar refractivity (Wildman–Crippen MR) is 111 cm³/mol. The molecule has 0 unspecified atom stereocenters. The Hall–Kier alpha value is -3.11. The van der Waals surface area contributed by atoms with Gasteiger partial charge in [0, 0.05) is 5.56 Å². The van der Waals surface area contributed by atoms with Crippen LogP contribution in [0.1, 0.15) is 29.3 Å². The topological polar surface area (TPSA) is 111 Å². The number of amides is 2. The van der Waals surface area contributed by atoms with Crippen molar-refractivity contribution >= 4 is 50.7 Å². The Kier molecular flexibility index (Phi) is 4.36. The number of carbonyl (C=O) groups excluding carboxylic acids is 1. The van der Waals surface area contributed by atoms with Crippen LogP contribution in [0.15, 0.2) is 30.9 Å². The lowest BCUT2D eigenvalue weighted by atomic mass is 10.1. The maximum atomic E-state index is 12.6. The third-order valence-electron chi connectivity index (χ3n) is 4.53. The van der Waals surface area contributed by atoms with Gasteiger partial charge in [0.05, 0.1) is 46.2 Å². The number of thiazole rings is 1. The Morgan fingerprint density at radius 1 is 1.28 bits per heavy atom. The number of hydrogen-bond donors (Lipinski definition) is 2. The van der Waals surface area contributed by atoms with Gasteiger partial charge in [0.1, 0.15) is 10.3 Å². The van der Waals surface area contributed by atoms with E-state index in [1.165, 1.54) is 17.1 Å². The van der Waals surface area contributed by atoms with Gasteiger partial charge in [-0.05, 0) is 31.7 Å². The molecule has 0 aliphatic heterocycles. The van der Waals surface area contributed by atoms with Crippen molar-refractivity contribution < 1.29 is 4.79 Å². The van der Waals surface area contributed by atoms with Gasteiger partial charge in [-0.2, -0.15) is 0 Å². The third-order valence-corrected chi connectivity index (χ3v) is 5.68. The highest BCUT2D eigenvalue weighted by atomic mass is 35.5. The van der Waals surface area contributed by atoms with Gasteiger partial charge < -0.3 is 10.6 Å². The molecule has 0 radical (unpaired) electrons. The van der Waals surface area contributed by atoms with E-state index in [1.54, 1.807) is 29.8 Å². The highest BCUT2D eigenvalue weighted by Gasteiger charge is 2.30. The van der Waals surface area contributed by atoms with Crippen LogP contribution < -0.4 is 10.6 Å². The van der Waals surface area contributed by atoms with Gasteiger partial charge >= 0.3 is 6.03 Å². The highest BCUT2D eigenvalue weighted by molar-refractivity contribution is 7.18. The number of halogens is 1. The Morgan fingerprint density at radius 2 is 2.14 bits per heavy atom. The normalized spacial score (nSPS) is 13.6. The number of aromatic nitrogens is 6. The van der Waals surface area contributed by atoms with Crippen LogP contribution in [0.3, 0.4) is 0 Å². The fraction of sp³-hybridized carbons (Fsp3) is 0.222. The molecule has 146 valence electrons. The predicted octanol–water partition coefficient (Wildman–Crippen LogP) is 4.15. The van der Waals surface area contributed by atoms with Crippen molar-refractivity contribution in [2.24, 2.45) is 0 Å². The van der Waals surface area contributed by atoms with Gasteiger partial charge in [-0.25, -0.2) is 24.4 Å². The summed E-state index contributed by atoms with van der Waals surface area (Å²) in [6, 6.07) is 1.21. The average molecular weight is 427 g/mol. The second kappa shape index (κ2) is 7.05. The average Bonchev–Trinajstić information content (AvgIpc) is 3.21. The zero-order valence-electron chi connectivity index (χ0n) is 15.3. The molecule has 5 rings (SSSR count). The lowest BCUT2D eigenvalue weighted by molar-refractivity contribution is 0.262. The first-order chi connectivity index (χ1) is 14.1. The van der Waals surface area contributed by atoms with Crippen molar-refractivity contribution in [1.82, 2.24) is 29.9 Å². The van der Waals surface area contributed by atoms with Gasteiger partial charge in [-0.1, -0.05) is 28.2 Å². The smallest absolute Gasteiger partial charge is 0.306 e. The molecule has 29 heavy (non-hydrogen) atoms. The standard InChI is InChI=1S/C18H15ClN8OS/c1-9-23-15-14(10-2-3-10)13(8-21-17(15)29-9)25-18(28)24-11-6-12(19)16(20-7-11)27-5-4-22-26-27/h4-8,10H,2-3H2,1H3,(H2,24,25,28). The number of urea groups is 1. The van der Waals surface area contributed by atoms with Crippen LogP contribution in [0.5, 0.6) is 0 Å². The number of hydrogen-bond acceptors (Lipinski definition) is 7. The number of nitrogens with zero attached hydrogens (tertiary/aromatic N) is 6. The number of carbonyl (C=O) groups is 1. The van der Waals surface area contributed by atoms with Gasteiger partial charge in [0.25, 0.3) is 0 Å². The Morgan fingerprint density at radius 3 is 2.86 bits per heavy atom. The van der Waals surface area contributed by atoms with E-state index in [-0.39, 0.29) is 0 Å². The van der Waals surface area contributed by atoms with Gasteiger partial charge in [0.2, 0.25) is 0 Å². The van der Waals surface area contributed by atoms with Crippen molar-refractivity contribution in [3.63, 3.8) is 0 Å². The Labute approximate surface area is 174 Å². The maximum Gasteiger partial charge on any atom is 0.323 e. The monoisotopic (exact) mass is 426 g/mol. The molecule has 4 aromatic rings. The summed E-state index contributed by atoms with van der Waals surface area (Å²) in [6.07, 6.45) is 8.56. The molecule has 9 nitrogen and oxygen atoms in total. The van der Waals surface area contributed by atoms with Crippen LogP contribution in [0.2, 0.25) is 5.02 Å². The molecule has 0 atom stereocenters. The van der Waals surface area contributed by atoms with E-state index >= 15 is 0 Å². The first-order valence-electron chi connectivity index (χ1n) is 8.95. The highest BCUT2D eigenvalue weighted by Crippen LogP contribution is 2.46. The van der Waals surface area contributed by atoms with Gasteiger partial charge in [-0.3, -0.25) is 0 Å². The van der Waals surface area contributed by atoms with Gasteiger partial charge in [-0.15, -0.1) is 5.10 Å². The lowest BCUT2D eigenvalue weighted by Gasteiger charge is -2.12. The molecule has 1 aliphatic rings. The van der Waals surface area contributed by atoms with Crippen LogP contribution in [0, 0.1) is 6.92 Å². The molecule has 2 N–H and O–H groups in total. The second-order valence-electron chi connectivity index (χ2n) is 6.70. The molecule has 0 aromatic carbocycles. The minimum absolute atomic E-state index is 0.341. The van der Waals surface area contributed by atoms with Crippen molar-refractivity contribution in [1.29, 1.82) is 0 Å². The molecular weight excluding hydrogens is 412 g/mol. The second-order valence-corrected chi connectivity index (χ2v) is 8.29. The van der Waals surface area contributed by atoms with E-state index in [1.807, 2.05) is 6.92 Å².